The van der Waals surface area contributed by atoms with E-state index in [1.165, 1.54) is 5.56 Å². The molecular weight excluding hydrogens is 334 g/mol. The van der Waals surface area contributed by atoms with E-state index in [-0.39, 0.29) is 5.97 Å². The van der Waals surface area contributed by atoms with Gasteiger partial charge in [0.1, 0.15) is 0 Å². The lowest BCUT2D eigenvalue weighted by Gasteiger charge is -2.30. The summed E-state index contributed by atoms with van der Waals surface area (Å²) in [6.45, 7) is 4.67. The van der Waals surface area contributed by atoms with Crippen LogP contribution in [0.3, 0.4) is 0 Å². The van der Waals surface area contributed by atoms with Crippen molar-refractivity contribution in [3.8, 4) is 0 Å². The fourth-order valence-electron chi connectivity index (χ4n) is 3.16. The van der Waals surface area contributed by atoms with Crippen LogP contribution in [0.1, 0.15) is 24.5 Å². The highest BCUT2D eigenvalue weighted by Gasteiger charge is 2.25. The van der Waals surface area contributed by atoms with Crippen molar-refractivity contribution in [2.24, 2.45) is 0 Å². The van der Waals surface area contributed by atoms with Crippen molar-refractivity contribution in [1.82, 2.24) is 4.90 Å². The molecule has 130 valence electrons. The first kappa shape index (κ1) is 17.7. The molecule has 0 atom stereocenters. The van der Waals surface area contributed by atoms with Crippen LogP contribution in [-0.2, 0) is 16.1 Å². The minimum atomic E-state index is -0.202. The van der Waals surface area contributed by atoms with Crippen LogP contribution in [0.25, 0.3) is 5.57 Å². The molecular formula is C21H22ClNO2. The van der Waals surface area contributed by atoms with Gasteiger partial charge in [0, 0.05) is 30.2 Å². The average molecular weight is 356 g/mol. The maximum atomic E-state index is 12.4. The minimum Gasteiger partial charge on any atom is -0.463 e. The zero-order valence-electron chi connectivity index (χ0n) is 14.4. The first-order chi connectivity index (χ1) is 12.2. The number of esters is 1. The summed E-state index contributed by atoms with van der Waals surface area (Å²) >= 11 is 6.02. The Hall–Kier alpha value is -2.10. The molecule has 0 aliphatic carbocycles. The lowest BCUT2D eigenvalue weighted by molar-refractivity contribution is -0.138. The molecule has 0 saturated heterocycles. The van der Waals surface area contributed by atoms with Crippen LogP contribution in [0, 0.1) is 0 Å². The third kappa shape index (κ3) is 4.50. The lowest BCUT2D eigenvalue weighted by Crippen LogP contribution is -2.33. The molecule has 0 amide bonds. The van der Waals surface area contributed by atoms with Gasteiger partial charge in [0.25, 0.3) is 0 Å². The van der Waals surface area contributed by atoms with Crippen LogP contribution in [0.4, 0.5) is 0 Å². The van der Waals surface area contributed by atoms with E-state index in [2.05, 4.69) is 29.2 Å². The van der Waals surface area contributed by atoms with E-state index in [1.807, 2.05) is 37.3 Å². The number of halogens is 1. The van der Waals surface area contributed by atoms with Crippen LogP contribution >= 0.6 is 11.6 Å². The van der Waals surface area contributed by atoms with Crippen LogP contribution in [0.15, 0.2) is 60.2 Å². The fourth-order valence-corrected chi connectivity index (χ4v) is 3.28. The quantitative estimate of drug-likeness (QED) is 0.736. The van der Waals surface area contributed by atoms with Gasteiger partial charge in [-0.1, -0.05) is 54.1 Å². The molecule has 0 spiro atoms. The SMILES string of the molecule is CCOC(=O)C1=C(c2ccc(Cl)cc2)CN(Cc2ccccc2)CC1. The Morgan fingerprint density at radius 3 is 2.52 bits per heavy atom. The predicted molar refractivity (Wildman–Crippen MR) is 101 cm³/mol. The standard InChI is InChI=1S/C21H22ClNO2/c1-2-25-21(24)19-12-13-23(14-16-6-4-3-5-7-16)15-20(19)17-8-10-18(22)11-9-17/h3-11H,2,12-15H2,1H3. The number of hydrogen-bond acceptors (Lipinski definition) is 3. The molecule has 0 aromatic heterocycles. The molecule has 0 radical (unpaired) electrons. The molecule has 2 aromatic rings. The highest BCUT2D eigenvalue weighted by molar-refractivity contribution is 6.30. The van der Waals surface area contributed by atoms with Crippen molar-refractivity contribution in [3.05, 3.63) is 76.3 Å². The topological polar surface area (TPSA) is 29.5 Å². The molecule has 0 saturated carbocycles. The molecule has 0 bridgehead atoms. The predicted octanol–water partition coefficient (Wildman–Crippen LogP) is 4.56. The second-order valence-electron chi connectivity index (χ2n) is 6.13. The van der Waals surface area contributed by atoms with E-state index in [1.54, 1.807) is 0 Å². The van der Waals surface area contributed by atoms with Gasteiger partial charge in [-0.3, -0.25) is 4.90 Å². The summed E-state index contributed by atoms with van der Waals surface area (Å²) < 4.78 is 5.27. The second kappa shape index (κ2) is 8.32. The van der Waals surface area contributed by atoms with Gasteiger partial charge in [0.15, 0.2) is 0 Å². The summed E-state index contributed by atoms with van der Waals surface area (Å²) in [5.41, 5.74) is 4.13. The Bertz CT molecular complexity index is 753. The number of ether oxygens (including phenoxy) is 1. The Kier molecular flexibility index (Phi) is 5.90. The van der Waals surface area contributed by atoms with Crippen molar-refractivity contribution >= 4 is 23.1 Å². The van der Waals surface area contributed by atoms with E-state index < -0.39 is 0 Å². The Morgan fingerprint density at radius 2 is 1.84 bits per heavy atom. The lowest BCUT2D eigenvalue weighted by atomic mass is 9.93. The smallest absolute Gasteiger partial charge is 0.334 e. The van der Waals surface area contributed by atoms with Gasteiger partial charge in [-0.05, 0) is 42.2 Å². The minimum absolute atomic E-state index is 0.202. The Labute approximate surface area is 153 Å². The van der Waals surface area contributed by atoms with E-state index >= 15 is 0 Å². The van der Waals surface area contributed by atoms with Gasteiger partial charge in [-0.2, -0.15) is 0 Å². The first-order valence-corrected chi connectivity index (χ1v) is 8.96. The number of hydrogen-bond donors (Lipinski definition) is 0. The fraction of sp³-hybridized carbons (Fsp3) is 0.286. The molecule has 1 heterocycles. The number of benzene rings is 2. The Morgan fingerprint density at radius 1 is 1.12 bits per heavy atom. The maximum absolute atomic E-state index is 12.4. The molecule has 3 rings (SSSR count). The summed E-state index contributed by atoms with van der Waals surface area (Å²) in [5, 5.41) is 0.694. The average Bonchev–Trinajstić information content (AvgIpc) is 2.63. The Balaban J connectivity index is 1.87. The van der Waals surface area contributed by atoms with Crippen LogP contribution < -0.4 is 0 Å². The van der Waals surface area contributed by atoms with Crippen molar-refractivity contribution in [2.75, 3.05) is 19.7 Å². The van der Waals surface area contributed by atoms with E-state index in [9.17, 15) is 4.79 Å². The zero-order valence-corrected chi connectivity index (χ0v) is 15.1. The van der Waals surface area contributed by atoms with Crippen LogP contribution in [0.5, 0.6) is 0 Å². The summed E-state index contributed by atoms with van der Waals surface area (Å²) in [5.74, 6) is -0.202. The molecule has 4 heteroatoms. The van der Waals surface area contributed by atoms with Gasteiger partial charge >= 0.3 is 5.97 Å². The van der Waals surface area contributed by atoms with E-state index in [0.717, 1.165) is 36.3 Å². The van der Waals surface area contributed by atoms with Gasteiger partial charge < -0.3 is 4.74 Å². The largest absolute Gasteiger partial charge is 0.463 e. The summed E-state index contributed by atoms with van der Waals surface area (Å²) in [6, 6.07) is 18.1. The normalized spacial score (nSPS) is 15.3. The number of carbonyl (C=O) groups is 1. The molecule has 25 heavy (non-hydrogen) atoms. The van der Waals surface area contributed by atoms with Gasteiger partial charge in [-0.15, -0.1) is 0 Å². The number of nitrogens with zero attached hydrogens (tertiary/aromatic N) is 1. The summed E-state index contributed by atoms with van der Waals surface area (Å²) in [7, 11) is 0. The molecule has 0 N–H and O–H groups in total. The van der Waals surface area contributed by atoms with Gasteiger partial charge in [0.05, 0.1) is 6.61 Å². The number of carbonyl (C=O) groups excluding carboxylic acids is 1. The van der Waals surface area contributed by atoms with Crippen molar-refractivity contribution in [3.63, 3.8) is 0 Å². The summed E-state index contributed by atoms with van der Waals surface area (Å²) in [6.07, 6.45) is 0.698. The van der Waals surface area contributed by atoms with Crippen molar-refractivity contribution < 1.29 is 9.53 Å². The molecule has 0 fully saturated rings. The monoisotopic (exact) mass is 355 g/mol. The third-order valence-corrected chi connectivity index (χ3v) is 4.64. The second-order valence-corrected chi connectivity index (χ2v) is 6.57. The van der Waals surface area contributed by atoms with Crippen LogP contribution in [0.2, 0.25) is 5.02 Å². The molecule has 2 aromatic carbocycles. The summed E-state index contributed by atoms with van der Waals surface area (Å²) in [4.78, 5) is 14.8. The highest BCUT2D eigenvalue weighted by Crippen LogP contribution is 2.29. The van der Waals surface area contributed by atoms with Crippen molar-refractivity contribution in [2.45, 2.75) is 19.9 Å². The highest BCUT2D eigenvalue weighted by atomic mass is 35.5. The van der Waals surface area contributed by atoms with Crippen molar-refractivity contribution in [1.29, 1.82) is 0 Å². The maximum Gasteiger partial charge on any atom is 0.334 e. The van der Waals surface area contributed by atoms with Gasteiger partial charge in [0.2, 0.25) is 0 Å². The molecule has 0 unspecified atom stereocenters. The zero-order chi connectivity index (χ0) is 17.6. The molecule has 1 aliphatic heterocycles. The van der Waals surface area contributed by atoms with E-state index in [4.69, 9.17) is 16.3 Å². The molecule has 3 nitrogen and oxygen atoms in total. The number of rotatable bonds is 5. The van der Waals surface area contributed by atoms with Crippen LogP contribution in [-0.4, -0.2) is 30.6 Å². The third-order valence-electron chi connectivity index (χ3n) is 4.39. The first-order valence-electron chi connectivity index (χ1n) is 8.58. The molecule has 1 aliphatic rings. The van der Waals surface area contributed by atoms with E-state index in [0.29, 0.717) is 18.1 Å². The van der Waals surface area contributed by atoms with Gasteiger partial charge in [-0.25, -0.2) is 4.79 Å².